The Hall–Kier alpha value is -3.88. The average Bonchev–Trinajstić information content (AvgIpc) is 3.30. The van der Waals surface area contributed by atoms with Crippen LogP contribution in [0.25, 0.3) is 22.0 Å². The molecule has 5 nitrogen and oxygen atoms in total. The summed E-state index contributed by atoms with van der Waals surface area (Å²) in [5.41, 5.74) is 5.42. The first-order valence-corrected chi connectivity index (χ1v) is 11.5. The molecule has 33 heavy (non-hydrogen) atoms. The van der Waals surface area contributed by atoms with Crippen LogP contribution in [-0.4, -0.2) is 46.2 Å². The molecule has 2 atom stereocenters. The lowest BCUT2D eigenvalue weighted by Crippen LogP contribution is -2.62. The van der Waals surface area contributed by atoms with Gasteiger partial charge < -0.3 is 10.2 Å². The van der Waals surface area contributed by atoms with Crippen LogP contribution in [0.4, 0.5) is 0 Å². The molecule has 0 saturated carbocycles. The van der Waals surface area contributed by atoms with Crippen molar-refractivity contribution < 1.29 is 4.79 Å². The van der Waals surface area contributed by atoms with Gasteiger partial charge in [-0.05, 0) is 54.2 Å². The number of nitrogens with one attached hydrogen (secondary N) is 2. The Morgan fingerprint density at radius 1 is 0.970 bits per heavy atom. The second kappa shape index (κ2) is 8.23. The number of benzene rings is 3. The van der Waals surface area contributed by atoms with E-state index in [1.54, 1.807) is 0 Å². The Labute approximate surface area is 192 Å². The van der Waals surface area contributed by atoms with Crippen LogP contribution >= 0.6 is 0 Å². The topological polar surface area (TPSA) is 61.0 Å². The number of aromatic amines is 1. The van der Waals surface area contributed by atoms with E-state index in [9.17, 15) is 4.79 Å². The van der Waals surface area contributed by atoms with Gasteiger partial charge in [0.2, 0.25) is 0 Å². The maximum atomic E-state index is 13.3. The van der Waals surface area contributed by atoms with E-state index in [-0.39, 0.29) is 11.9 Å². The molecule has 3 saturated heterocycles. The third kappa shape index (κ3) is 3.69. The van der Waals surface area contributed by atoms with Crippen molar-refractivity contribution in [1.29, 1.82) is 0 Å². The minimum absolute atomic E-state index is 0.0997. The van der Waals surface area contributed by atoms with E-state index in [4.69, 9.17) is 0 Å². The molecule has 1 amide bonds. The van der Waals surface area contributed by atoms with Crippen molar-refractivity contribution in [2.45, 2.75) is 24.9 Å². The van der Waals surface area contributed by atoms with Crippen molar-refractivity contribution in [1.82, 2.24) is 20.4 Å². The SMILES string of the molecule is O=C(c1ccc2n[nH]c(C#Cc3ccccc3-c3ccccc3)c2c1)N1CC2CCC1CN2. The number of piperazine rings is 1. The predicted molar refractivity (Wildman–Crippen MR) is 130 cm³/mol. The smallest absolute Gasteiger partial charge is 0.254 e. The summed E-state index contributed by atoms with van der Waals surface area (Å²) in [5, 5.41) is 11.8. The third-order valence-corrected chi connectivity index (χ3v) is 6.74. The van der Waals surface area contributed by atoms with Gasteiger partial charge in [-0.2, -0.15) is 5.10 Å². The molecule has 3 aliphatic heterocycles. The molecule has 1 aromatic heterocycles. The molecule has 3 fully saturated rings. The Kier molecular flexibility index (Phi) is 4.93. The number of hydrogen-bond acceptors (Lipinski definition) is 3. The number of rotatable bonds is 2. The molecular weight excluding hydrogens is 408 g/mol. The van der Waals surface area contributed by atoms with Gasteiger partial charge in [0, 0.05) is 41.7 Å². The summed E-state index contributed by atoms with van der Waals surface area (Å²) in [5.74, 6) is 6.68. The van der Waals surface area contributed by atoms with Crippen molar-refractivity contribution in [3.63, 3.8) is 0 Å². The second-order valence-corrected chi connectivity index (χ2v) is 8.79. The zero-order chi connectivity index (χ0) is 22.2. The van der Waals surface area contributed by atoms with E-state index < -0.39 is 0 Å². The number of H-pyrrole nitrogens is 1. The van der Waals surface area contributed by atoms with Crippen molar-refractivity contribution in [3.05, 3.63) is 89.6 Å². The van der Waals surface area contributed by atoms with Gasteiger partial charge in [0.1, 0.15) is 5.69 Å². The first-order chi connectivity index (χ1) is 16.3. The fourth-order valence-electron chi connectivity index (χ4n) is 4.95. The largest absolute Gasteiger partial charge is 0.333 e. The van der Waals surface area contributed by atoms with Crippen LogP contribution in [0.5, 0.6) is 0 Å². The van der Waals surface area contributed by atoms with Crippen LogP contribution in [0, 0.1) is 11.8 Å². The monoisotopic (exact) mass is 432 g/mol. The number of piperidine rings is 2. The van der Waals surface area contributed by atoms with Crippen LogP contribution in [0.3, 0.4) is 0 Å². The summed E-state index contributed by atoms with van der Waals surface area (Å²) in [7, 11) is 0. The number of nitrogens with zero attached hydrogens (tertiary/aromatic N) is 2. The molecule has 0 radical (unpaired) electrons. The molecule has 7 rings (SSSR count). The molecule has 2 bridgehead atoms. The van der Waals surface area contributed by atoms with Gasteiger partial charge in [0.15, 0.2) is 0 Å². The van der Waals surface area contributed by atoms with Crippen molar-refractivity contribution in [2.75, 3.05) is 13.1 Å². The van der Waals surface area contributed by atoms with E-state index in [0.29, 0.717) is 11.6 Å². The minimum Gasteiger partial charge on any atom is -0.333 e. The zero-order valence-corrected chi connectivity index (χ0v) is 18.2. The molecule has 162 valence electrons. The highest BCUT2D eigenvalue weighted by Gasteiger charge is 2.36. The number of hydrogen-bond donors (Lipinski definition) is 2. The van der Waals surface area contributed by atoms with E-state index in [2.05, 4.69) is 45.6 Å². The molecule has 0 aliphatic carbocycles. The number of amides is 1. The van der Waals surface area contributed by atoms with Crippen molar-refractivity contribution in [2.24, 2.45) is 0 Å². The van der Waals surface area contributed by atoms with Crippen LogP contribution in [0.1, 0.15) is 34.5 Å². The molecule has 5 heteroatoms. The summed E-state index contributed by atoms with van der Waals surface area (Å²) < 4.78 is 0. The van der Waals surface area contributed by atoms with Crippen molar-refractivity contribution >= 4 is 16.8 Å². The lowest BCUT2D eigenvalue weighted by Gasteiger charge is -2.46. The summed E-state index contributed by atoms with van der Waals surface area (Å²) in [6, 6.07) is 24.8. The third-order valence-electron chi connectivity index (χ3n) is 6.74. The average molecular weight is 433 g/mol. The van der Waals surface area contributed by atoms with Crippen LogP contribution in [0.2, 0.25) is 0 Å². The lowest BCUT2D eigenvalue weighted by molar-refractivity contribution is 0.0441. The molecule has 2 N–H and O–H groups in total. The quantitative estimate of drug-likeness (QED) is 0.467. The summed E-state index contributed by atoms with van der Waals surface area (Å²) in [4.78, 5) is 15.3. The van der Waals surface area contributed by atoms with Crippen LogP contribution < -0.4 is 5.32 Å². The van der Waals surface area contributed by atoms with E-state index >= 15 is 0 Å². The molecule has 4 heterocycles. The Morgan fingerprint density at radius 2 is 1.82 bits per heavy atom. The van der Waals surface area contributed by atoms with Gasteiger partial charge >= 0.3 is 0 Å². The zero-order valence-electron chi connectivity index (χ0n) is 18.2. The van der Waals surface area contributed by atoms with Crippen LogP contribution in [-0.2, 0) is 0 Å². The number of carbonyl (C=O) groups excluding carboxylic acids is 1. The summed E-state index contributed by atoms with van der Waals surface area (Å²) >= 11 is 0. The van der Waals surface area contributed by atoms with E-state index in [1.165, 1.54) is 0 Å². The fraction of sp³-hybridized carbons (Fsp3) is 0.214. The molecule has 2 unspecified atom stereocenters. The highest BCUT2D eigenvalue weighted by molar-refractivity contribution is 5.99. The maximum Gasteiger partial charge on any atom is 0.254 e. The number of carbonyl (C=O) groups is 1. The molecule has 3 aliphatic rings. The van der Waals surface area contributed by atoms with Gasteiger partial charge in [-0.3, -0.25) is 9.89 Å². The van der Waals surface area contributed by atoms with E-state index in [0.717, 1.165) is 59.2 Å². The van der Waals surface area contributed by atoms with Crippen molar-refractivity contribution in [3.8, 4) is 23.0 Å². The standard InChI is InChI=1S/C28H24N4O/c33-28(32-18-22-12-13-23(32)17-29-22)21-11-15-27-25(16-21)26(30-31-27)14-10-20-8-4-5-9-24(20)19-6-2-1-3-7-19/h1-9,11,15-16,22-23,29H,12-13,17-18H2,(H,30,31). The highest BCUT2D eigenvalue weighted by atomic mass is 16.2. The van der Waals surface area contributed by atoms with Gasteiger partial charge in [-0.15, -0.1) is 0 Å². The van der Waals surface area contributed by atoms with Gasteiger partial charge in [-0.25, -0.2) is 0 Å². The first-order valence-electron chi connectivity index (χ1n) is 11.5. The second-order valence-electron chi connectivity index (χ2n) is 8.79. The van der Waals surface area contributed by atoms with Crippen LogP contribution in [0.15, 0.2) is 72.8 Å². The van der Waals surface area contributed by atoms with Gasteiger partial charge in [-0.1, -0.05) is 54.5 Å². The summed E-state index contributed by atoms with van der Waals surface area (Å²) in [6.45, 7) is 1.68. The Morgan fingerprint density at radius 3 is 2.61 bits per heavy atom. The fourth-order valence-corrected chi connectivity index (χ4v) is 4.95. The summed E-state index contributed by atoms with van der Waals surface area (Å²) in [6.07, 6.45) is 2.23. The minimum atomic E-state index is 0.0997. The lowest BCUT2D eigenvalue weighted by atomic mass is 9.92. The highest BCUT2D eigenvalue weighted by Crippen LogP contribution is 2.26. The molecule has 0 spiro atoms. The van der Waals surface area contributed by atoms with Gasteiger partial charge in [0.25, 0.3) is 5.91 Å². The maximum absolute atomic E-state index is 13.3. The normalized spacial score (nSPS) is 19.3. The Balaban J connectivity index is 1.33. The predicted octanol–water partition coefficient (Wildman–Crippen LogP) is 4.21. The van der Waals surface area contributed by atoms with Gasteiger partial charge in [0.05, 0.1) is 5.52 Å². The van der Waals surface area contributed by atoms with E-state index in [1.807, 2.05) is 59.5 Å². The number of aromatic nitrogens is 2. The first kappa shape index (κ1) is 19.8. The number of fused-ring (bicyclic) bond motifs is 4. The molecular formula is C28H24N4O. The molecule has 4 aromatic rings. The molecule has 3 aromatic carbocycles. The Bertz CT molecular complexity index is 1390.